The van der Waals surface area contributed by atoms with E-state index in [0.717, 1.165) is 32.0 Å². The van der Waals surface area contributed by atoms with Crippen molar-refractivity contribution < 1.29 is 9.53 Å². The van der Waals surface area contributed by atoms with Crippen molar-refractivity contribution in [1.29, 1.82) is 0 Å². The Morgan fingerprint density at radius 1 is 1.08 bits per heavy atom. The summed E-state index contributed by atoms with van der Waals surface area (Å²) in [6, 6.07) is 14.2. The zero-order valence-electron chi connectivity index (χ0n) is 13.8. The summed E-state index contributed by atoms with van der Waals surface area (Å²) in [4.78, 5) is 20.5. The number of rotatable bonds is 4. The smallest absolute Gasteiger partial charge is 0.411 e. The van der Waals surface area contributed by atoms with Crippen LogP contribution in [0.5, 0.6) is 0 Å². The third-order valence-corrected chi connectivity index (χ3v) is 3.99. The van der Waals surface area contributed by atoms with E-state index in [1.54, 1.807) is 13.1 Å². The summed E-state index contributed by atoms with van der Waals surface area (Å²) >= 11 is 0. The highest BCUT2D eigenvalue weighted by Crippen LogP contribution is 2.20. The van der Waals surface area contributed by atoms with Crippen LogP contribution in [0.4, 0.5) is 22.0 Å². The van der Waals surface area contributed by atoms with Crippen LogP contribution in [0.3, 0.4) is 0 Å². The molecule has 3 rings (SSSR count). The monoisotopic (exact) mass is 326 g/mol. The van der Waals surface area contributed by atoms with Gasteiger partial charge in [0.1, 0.15) is 5.82 Å². The van der Waals surface area contributed by atoms with Crippen LogP contribution in [0.25, 0.3) is 0 Å². The van der Waals surface area contributed by atoms with Crippen LogP contribution in [0.2, 0.25) is 0 Å². The van der Waals surface area contributed by atoms with E-state index in [0.29, 0.717) is 12.3 Å². The van der Waals surface area contributed by atoms with Crippen molar-refractivity contribution in [3.05, 3.63) is 48.7 Å². The molecule has 1 amide bonds. The van der Waals surface area contributed by atoms with Crippen molar-refractivity contribution >= 4 is 23.3 Å². The molecule has 0 saturated carbocycles. The Labute approximate surface area is 142 Å². The van der Waals surface area contributed by atoms with Gasteiger partial charge in [0.15, 0.2) is 0 Å². The Morgan fingerprint density at radius 2 is 1.79 bits per heavy atom. The lowest BCUT2D eigenvalue weighted by Gasteiger charge is -2.36. The molecule has 0 unspecified atom stereocenters. The maximum Gasteiger partial charge on any atom is 0.411 e. The molecule has 1 fully saturated rings. The molecule has 1 N–H and O–H groups in total. The van der Waals surface area contributed by atoms with Crippen LogP contribution in [-0.4, -0.2) is 43.9 Å². The van der Waals surface area contributed by atoms with Crippen molar-refractivity contribution in [2.75, 3.05) is 47.9 Å². The normalized spacial score (nSPS) is 14.4. The van der Waals surface area contributed by atoms with Crippen molar-refractivity contribution in [2.45, 2.75) is 6.92 Å². The highest BCUT2D eigenvalue weighted by Gasteiger charge is 2.18. The minimum atomic E-state index is -0.455. The Kier molecular flexibility index (Phi) is 5.15. The summed E-state index contributed by atoms with van der Waals surface area (Å²) in [6.07, 6.45) is 1.21. The van der Waals surface area contributed by atoms with E-state index in [1.165, 1.54) is 5.69 Å². The number of hydrogen-bond donors (Lipinski definition) is 1. The molecule has 2 aromatic rings. The molecule has 1 saturated heterocycles. The molecule has 6 nitrogen and oxygen atoms in total. The summed E-state index contributed by atoms with van der Waals surface area (Å²) < 4.78 is 4.85. The third-order valence-electron chi connectivity index (χ3n) is 3.99. The molecule has 0 aliphatic carbocycles. The van der Waals surface area contributed by atoms with Crippen molar-refractivity contribution in [1.82, 2.24) is 4.98 Å². The van der Waals surface area contributed by atoms with Gasteiger partial charge in [0, 0.05) is 31.9 Å². The van der Waals surface area contributed by atoms with E-state index >= 15 is 0 Å². The molecule has 126 valence electrons. The van der Waals surface area contributed by atoms with Crippen LogP contribution in [-0.2, 0) is 4.74 Å². The number of ether oxygens (including phenoxy) is 1. The second kappa shape index (κ2) is 7.68. The van der Waals surface area contributed by atoms with Crippen LogP contribution in [0.15, 0.2) is 48.7 Å². The largest absolute Gasteiger partial charge is 0.450 e. The SMILES string of the molecule is CCOC(=O)Nc1ccc(N2CCN(c3ccccc3)CC2)nc1. The Bertz CT molecular complexity index is 652. The second-order valence-electron chi connectivity index (χ2n) is 5.56. The molecule has 2 heterocycles. The number of pyridine rings is 1. The zero-order chi connectivity index (χ0) is 16.8. The molecule has 1 aliphatic heterocycles. The van der Waals surface area contributed by atoms with E-state index in [1.807, 2.05) is 18.2 Å². The van der Waals surface area contributed by atoms with Crippen LogP contribution in [0.1, 0.15) is 6.92 Å². The fourth-order valence-corrected chi connectivity index (χ4v) is 2.76. The molecule has 1 aromatic carbocycles. The summed E-state index contributed by atoms with van der Waals surface area (Å²) in [7, 11) is 0. The Hall–Kier alpha value is -2.76. The third kappa shape index (κ3) is 3.95. The van der Waals surface area contributed by atoms with E-state index < -0.39 is 6.09 Å². The molecule has 0 spiro atoms. The van der Waals surface area contributed by atoms with Crippen molar-refractivity contribution in [3.8, 4) is 0 Å². The number of nitrogens with zero attached hydrogens (tertiary/aromatic N) is 3. The first-order chi connectivity index (χ1) is 11.8. The molecule has 6 heteroatoms. The minimum absolute atomic E-state index is 0.350. The summed E-state index contributed by atoms with van der Waals surface area (Å²) in [5.41, 5.74) is 1.90. The van der Waals surface area contributed by atoms with Gasteiger partial charge in [-0.05, 0) is 31.2 Å². The van der Waals surface area contributed by atoms with Gasteiger partial charge in [0.05, 0.1) is 18.5 Å². The average molecular weight is 326 g/mol. The van der Waals surface area contributed by atoms with Gasteiger partial charge in [0.2, 0.25) is 0 Å². The molecular weight excluding hydrogens is 304 g/mol. The van der Waals surface area contributed by atoms with Gasteiger partial charge in [-0.2, -0.15) is 0 Å². The second-order valence-corrected chi connectivity index (χ2v) is 5.56. The summed E-state index contributed by atoms with van der Waals surface area (Å²) in [5, 5.41) is 2.65. The maximum atomic E-state index is 11.4. The number of amides is 1. The van der Waals surface area contributed by atoms with E-state index in [-0.39, 0.29) is 0 Å². The summed E-state index contributed by atoms with van der Waals surface area (Å²) in [6.45, 7) is 5.90. The quantitative estimate of drug-likeness (QED) is 0.936. The number of carbonyl (C=O) groups excluding carboxylic acids is 1. The number of benzene rings is 1. The van der Waals surface area contributed by atoms with Gasteiger partial charge in [-0.15, -0.1) is 0 Å². The molecule has 1 aliphatic rings. The number of nitrogens with one attached hydrogen (secondary N) is 1. The molecule has 0 bridgehead atoms. The van der Waals surface area contributed by atoms with E-state index in [9.17, 15) is 4.79 Å². The number of anilines is 3. The number of hydrogen-bond acceptors (Lipinski definition) is 5. The molecule has 0 radical (unpaired) electrons. The van der Waals surface area contributed by atoms with E-state index in [4.69, 9.17) is 4.74 Å². The Balaban J connectivity index is 1.55. The Morgan fingerprint density at radius 3 is 2.42 bits per heavy atom. The fraction of sp³-hybridized carbons (Fsp3) is 0.333. The van der Waals surface area contributed by atoms with Gasteiger partial charge in [0.25, 0.3) is 0 Å². The van der Waals surface area contributed by atoms with E-state index in [2.05, 4.69) is 44.4 Å². The first-order valence-electron chi connectivity index (χ1n) is 8.21. The topological polar surface area (TPSA) is 57.7 Å². The lowest BCUT2D eigenvalue weighted by atomic mass is 10.2. The number of aromatic nitrogens is 1. The molecule has 0 atom stereocenters. The van der Waals surface area contributed by atoms with Crippen LogP contribution < -0.4 is 15.1 Å². The van der Waals surface area contributed by atoms with Gasteiger partial charge in [-0.3, -0.25) is 5.32 Å². The zero-order valence-corrected chi connectivity index (χ0v) is 13.8. The fourth-order valence-electron chi connectivity index (χ4n) is 2.76. The van der Waals surface area contributed by atoms with Crippen molar-refractivity contribution in [3.63, 3.8) is 0 Å². The van der Waals surface area contributed by atoms with Crippen LogP contribution in [0, 0.1) is 0 Å². The first kappa shape index (κ1) is 16.1. The van der Waals surface area contributed by atoms with Gasteiger partial charge in [-0.25, -0.2) is 9.78 Å². The van der Waals surface area contributed by atoms with Gasteiger partial charge < -0.3 is 14.5 Å². The van der Waals surface area contributed by atoms with Gasteiger partial charge in [-0.1, -0.05) is 18.2 Å². The lowest BCUT2D eigenvalue weighted by Crippen LogP contribution is -2.46. The predicted octanol–water partition coefficient (Wildman–Crippen LogP) is 2.98. The van der Waals surface area contributed by atoms with Gasteiger partial charge >= 0.3 is 6.09 Å². The number of piperazine rings is 1. The average Bonchev–Trinajstić information content (AvgIpc) is 2.63. The van der Waals surface area contributed by atoms with Crippen LogP contribution >= 0.6 is 0 Å². The highest BCUT2D eigenvalue weighted by molar-refractivity contribution is 5.84. The lowest BCUT2D eigenvalue weighted by molar-refractivity contribution is 0.168. The molecule has 24 heavy (non-hydrogen) atoms. The predicted molar refractivity (Wildman–Crippen MR) is 95.7 cm³/mol. The number of carbonyl (C=O) groups is 1. The summed E-state index contributed by atoms with van der Waals surface area (Å²) in [5.74, 6) is 0.928. The van der Waals surface area contributed by atoms with Crippen molar-refractivity contribution in [2.24, 2.45) is 0 Å². The maximum absolute atomic E-state index is 11.4. The highest BCUT2D eigenvalue weighted by atomic mass is 16.5. The molecular formula is C18H22N4O2. The standard InChI is InChI=1S/C18H22N4O2/c1-2-24-18(23)20-15-8-9-17(19-14-15)22-12-10-21(11-13-22)16-6-4-3-5-7-16/h3-9,14H,2,10-13H2,1H3,(H,20,23). The first-order valence-corrected chi connectivity index (χ1v) is 8.21. The number of para-hydroxylation sites is 1. The minimum Gasteiger partial charge on any atom is -0.450 e. The molecule has 1 aromatic heterocycles.